The first-order valence-corrected chi connectivity index (χ1v) is 7.42. The smallest absolute Gasteiger partial charge is 0.273 e. The molecule has 1 saturated heterocycles. The maximum Gasteiger partial charge on any atom is 0.273 e. The van der Waals surface area contributed by atoms with Gasteiger partial charge in [0.2, 0.25) is 0 Å². The lowest BCUT2D eigenvalue weighted by Gasteiger charge is -2.33. The van der Waals surface area contributed by atoms with Crippen LogP contribution in [-0.4, -0.2) is 46.7 Å². The number of aromatic amines is 1. The molecule has 1 unspecified atom stereocenters. The number of anilines is 1. The zero-order valence-electron chi connectivity index (χ0n) is 12.4. The van der Waals surface area contributed by atoms with E-state index in [2.05, 4.69) is 27.3 Å². The molecular formula is C14H25N5O. The van der Waals surface area contributed by atoms with Gasteiger partial charge < -0.3 is 16.0 Å². The highest BCUT2D eigenvalue weighted by molar-refractivity contribution is 5.97. The second-order valence-electron chi connectivity index (χ2n) is 5.60. The quantitative estimate of drug-likeness (QED) is 0.709. The fourth-order valence-electron chi connectivity index (χ4n) is 2.67. The van der Waals surface area contributed by atoms with Crippen LogP contribution in [0.5, 0.6) is 0 Å². The van der Waals surface area contributed by atoms with E-state index in [0.717, 1.165) is 18.7 Å². The molecule has 0 saturated carbocycles. The van der Waals surface area contributed by atoms with Gasteiger partial charge in [0.1, 0.15) is 0 Å². The van der Waals surface area contributed by atoms with E-state index in [9.17, 15) is 4.79 Å². The molecule has 6 nitrogen and oxygen atoms in total. The van der Waals surface area contributed by atoms with Gasteiger partial charge in [-0.25, -0.2) is 0 Å². The van der Waals surface area contributed by atoms with E-state index in [1.165, 1.54) is 25.8 Å². The van der Waals surface area contributed by atoms with Crippen LogP contribution in [0.4, 0.5) is 5.69 Å². The molecule has 0 bridgehead atoms. The van der Waals surface area contributed by atoms with Gasteiger partial charge in [0.25, 0.3) is 5.91 Å². The van der Waals surface area contributed by atoms with Crippen LogP contribution in [0, 0.1) is 6.92 Å². The zero-order valence-corrected chi connectivity index (χ0v) is 12.4. The highest BCUT2D eigenvalue weighted by Gasteiger charge is 2.18. The number of nitrogen functional groups attached to an aromatic ring is 1. The summed E-state index contributed by atoms with van der Waals surface area (Å²) in [7, 11) is 0. The van der Waals surface area contributed by atoms with Gasteiger partial charge >= 0.3 is 0 Å². The molecule has 6 heteroatoms. The molecule has 0 aliphatic carbocycles. The number of carbonyl (C=O) groups excluding carboxylic acids is 1. The van der Waals surface area contributed by atoms with E-state index in [0.29, 0.717) is 24.0 Å². The van der Waals surface area contributed by atoms with Gasteiger partial charge in [-0.2, -0.15) is 5.10 Å². The largest absolute Gasteiger partial charge is 0.395 e. The van der Waals surface area contributed by atoms with E-state index in [-0.39, 0.29) is 5.91 Å². The molecular weight excluding hydrogens is 254 g/mol. The minimum atomic E-state index is -0.196. The number of carbonyl (C=O) groups is 1. The van der Waals surface area contributed by atoms with E-state index in [4.69, 9.17) is 5.73 Å². The number of hydrogen-bond acceptors (Lipinski definition) is 4. The van der Waals surface area contributed by atoms with E-state index in [1.807, 2.05) is 0 Å². The average Bonchev–Trinajstić information content (AvgIpc) is 2.77. The van der Waals surface area contributed by atoms with Crippen LogP contribution < -0.4 is 11.1 Å². The number of hydrogen-bond donors (Lipinski definition) is 3. The lowest BCUT2D eigenvalue weighted by atomic mass is 10.0. The summed E-state index contributed by atoms with van der Waals surface area (Å²) in [6, 6.07) is 0.670. The Morgan fingerprint density at radius 1 is 1.55 bits per heavy atom. The summed E-state index contributed by atoms with van der Waals surface area (Å²) < 4.78 is 0. The maximum absolute atomic E-state index is 11.9. The van der Waals surface area contributed by atoms with Crippen molar-refractivity contribution in [2.45, 2.75) is 45.6 Å². The minimum absolute atomic E-state index is 0.196. The number of aryl methyl sites for hydroxylation is 1. The highest BCUT2D eigenvalue weighted by Crippen LogP contribution is 2.16. The third-order valence-electron chi connectivity index (χ3n) is 4.06. The molecule has 0 radical (unpaired) electrons. The lowest BCUT2D eigenvalue weighted by Crippen LogP contribution is -2.39. The number of nitrogens with two attached hydrogens (primary N) is 1. The molecule has 1 aliphatic heterocycles. The van der Waals surface area contributed by atoms with Gasteiger partial charge in [-0.15, -0.1) is 0 Å². The molecule has 1 atom stereocenters. The number of aromatic nitrogens is 2. The summed E-state index contributed by atoms with van der Waals surface area (Å²) in [6.45, 7) is 6.96. The number of likely N-dealkylation sites (tertiary alicyclic amines) is 1. The Hall–Kier alpha value is -1.56. The third kappa shape index (κ3) is 3.50. The minimum Gasteiger partial charge on any atom is -0.395 e. The van der Waals surface area contributed by atoms with Gasteiger partial charge in [0, 0.05) is 19.1 Å². The van der Waals surface area contributed by atoms with Crippen LogP contribution in [0.25, 0.3) is 0 Å². The number of nitrogens with one attached hydrogen (secondary N) is 2. The SMILES string of the molecule is Cc1[nH]nc(C(=O)NCCCN2CCCCC2C)c1N. The molecule has 1 amide bonds. The van der Waals surface area contributed by atoms with Gasteiger partial charge in [-0.05, 0) is 39.7 Å². The molecule has 2 heterocycles. The van der Waals surface area contributed by atoms with Crippen molar-refractivity contribution < 1.29 is 4.79 Å². The molecule has 2 rings (SSSR count). The number of amides is 1. The van der Waals surface area contributed by atoms with E-state index < -0.39 is 0 Å². The number of nitrogens with zero attached hydrogens (tertiary/aromatic N) is 2. The van der Waals surface area contributed by atoms with Gasteiger partial charge in [-0.1, -0.05) is 6.42 Å². The Kier molecular flexibility index (Phi) is 5.00. The molecule has 1 aliphatic rings. The van der Waals surface area contributed by atoms with Gasteiger partial charge in [-0.3, -0.25) is 9.89 Å². The Morgan fingerprint density at radius 3 is 3.00 bits per heavy atom. The number of piperidine rings is 1. The zero-order chi connectivity index (χ0) is 14.5. The van der Waals surface area contributed by atoms with Crippen molar-refractivity contribution in [1.82, 2.24) is 20.4 Å². The molecule has 4 N–H and O–H groups in total. The van der Waals surface area contributed by atoms with E-state index in [1.54, 1.807) is 6.92 Å². The van der Waals surface area contributed by atoms with E-state index >= 15 is 0 Å². The Labute approximate surface area is 120 Å². The fraction of sp³-hybridized carbons (Fsp3) is 0.714. The first-order chi connectivity index (χ1) is 9.59. The third-order valence-corrected chi connectivity index (χ3v) is 4.06. The van der Waals surface area contributed by atoms with Crippen molar-refractivity contribution in [3.05, 3.63) is 11.4 Å². The second-order valence-corrected chi connectivity index (χ2v) is 5.60. The Bertz CT molecular complexity index is 456. The van der Waals surface area contributed by atoms with Gasteiger partial charge in [0.15, 0.2) is 5.69 Å². The monoisotopic (exact) mass is 279 g/mol. The van der Waals surface area contributed by atoms with Crippen LogP contribution in [0.1, 0.15) is 48.8 Å². The molecule has 1 fully saturated rings. The van der Waals surface area contributed by atoms with Crippen molar-refractivity contribution in [2.24, 2.45) is 0 Å². The number of H-pyrrole nitrogens is 1. The molecule has 1 aromatic rings. The second kappa shape index (κ2) is 6.74. The summed E-state index contributed by atoms with van der Waals surface area (Å²) in [5.74, 6) is -0.196. The summed E-state index contributed by atoms with van der Waals surface area (Å²) >= 11 is 0. The lowest BCUT2D eigenvalue weighted by molar-refractivity contribution is 0.0945. The predicted molar refractivity (Wildman–Crippen MR) is 79.6 cm³/mol. The molecule has 0 aromatic carbocycles. The summed E-state index contributed by atoms with van der Waals surface area (Å²) in [6.07, 6.45) is 4.88. The van der Waals surface area contributed by atoms with Crippen molar-refractivity contribution in [3.8, 4) is 0 Å². The fourth-order valence-corrected chi connectivity index (χ4v) is 2.67. The van der Waals surface area contributed by atoms with Crippen molar-refractivity contribution in [3.63, 3.8) is 0 Å². The summed E-state index contributed by atoms with van der Waals surface area (Å²) in [5, 5.41) is 9.52. The first kappa shape index (κ1) is 14.8. The number of rotatable bonds is 5. The van der Waals surface area contributed by atoms with Gasteiger partial charge in [0.05, 0.1) is 11.4 Å². The first-order valence-electron chi connectivity index (χ1n) is 7.42. The van der Waals surface area contributed by atoms with Crippen molar-refractivity contribution in [2.75, 3.05) is 25.4 Å². The Balaban J connectivity index is 1.70. The molecule has 0 spiro atoms. The highest BCUT2D eigenvalue weighted by atomic mass is 16.1. The normalized spacial score (nSPS) is 20.0. The topological polar surface area (TPSA) is 87.0 Å². The van der Waals surface area contributed by atoms with Crippen LogP contribution >= 0.6 is 0 Å². The standard InChI is InChI=1S/C14H25N5O/c1-10-6-3-4-8-19(10)9-5-7-16-14(20)13-12(15)11(2)17-18-13/h10H,3-9,15H2,1-2H3,(H,16,20)(H,17,18). The van der Waals surface area contributed by atoms with Crippen LogP contribution in [0.2, 0.25) is 0 Å². The molecule has 20 heavy (non-hydrogen) atoms. The molecule has 112 valence electrons. The summed E-state index contributed by atoms with van der Waals surface area (Å²) in [4.78, 5) is 14.4. The van der Waals surface area contributed by atoms with Crippen molar-refractivity contribution >= 4 is 11.6 Å². The predicted octanol–water partition coefficient (Wildman–Crippen LogP) is 1.29. The Morgan fingerprint density at radius 2 is 2.35 bits per heavy atom. The summed E-state index contributed by atoms with van der Waals surface area (Å²) in [5.41, 5.74) is 7.25. The van der Waals surface area contributed by atoms with Crippen LogP contribution in [0.15, 0.2) is 0 Å². The van der Waals surface area contributed by atoms with Crippen LogP contribution in [0.3, 0.4) is 0 Å². The maximum atomic E-state index is 11.9. The van der Waals surface area contributed by atoms with Crippen molar-refractivity contribution in [1.29, 1.82) is 0 Å². The molecule has 1 aromatic heterocycles. The average molecular weight is 279 g/mol. The van der Waals surface area contributed by atoms with Crippen LogP contribution in [-0.2, 0) is 0 Å².